The van der Waals surface area contributed by atoms with Crippen LogP contribution < -0.4 is 5.32 Å². The van der Waals surface area contributed by atoms with Gasteiger partial charge in [0.25, 0.3) is 0 Å². The van der Waals surface area contributed by atoms with Gasteiger partial charge in [0.05, 0.1) is 23.2 Å². The van der Waals surface area contributed by atoms with E-state index in [0.717, 1.165) is 22.1 Å². The highest BCUT2D eigenvalue weighted by atomic mass is 32.1. The second-order valence-corrected chi connectivity index (χ2v) is 6.81. The lowest BCUT2D eigenvalue weighted by atomic mass is 10.00. The fourth-order valence-electron chi connectivity index (χ4n) is 2.04. The molecule has 4 nitrogen and oxygen atoms in total. The molecule has 0 fully saturated rings. The van der Waals surface area contributed by atoms with Gasteiger partial charge in [0.1, 0.15) is 5.01 Å². The van der Waals surface area contributed by atoms with Crippen molar-refractivity contribution in [2.75, 3.05) is 0 Å². The van der Waals surface area contributed by atoms with E-state index in [1.54, 1.807) is 28.9 Å². The van der Waals surface area contributed by atoms with Crippen molar-refractivity contribution < 1.29 is 4.42 Å². The molecule has 3 aromatic rings. The van der Waals surface area contributed by atoms with Crippen LogP contribution in [0.4, 0.5) is 0 Å². The van der Waals surface area contributed by atoms with Gasteiger partial charge in [0.15, 0.2) is 5.76 Å². The zero-order chi connectivity index (χ0) is 14.7. The molecule has 0 saturated heterocycles. The van der Waals surface area contributed by atoms with Gasteiger partial charge in [-0.25, -0.2) is 9.97 Å². The fourth-order valence-corrected chi connectivity index (χ4v) is 3.56. The van der Waals surface area contributed by atoms with Gasteiger partial charge in [0.2, 0.25) is 5.89 Å². The first kappa shape index (κ1) is 14.4. The van der Waals surface area contributed by atoms with Crippen molar-refractivity contribution in [3.63, 3.8) is 0 Å². The molecule has 0 unspecified atom stereocenters. The molecule has 1 N–H and O–H groups in total. The van der Waals surface area contributed by atoms with Gasteiger partial charge in [-0.3, -0.25) is 5.32 Å². The van der Waals surface area contributed by atoms with Crippen LogP contribution in [0.25, 0.3) is 10.6 Å². The standard InChI is InChI=1S/C15H17N3OS2/c1-3-15(2,14-16-6-8-21-14)18-10-13-17-9-11(19-13)12-5-4-7-20-12/h4-9,18H,3,10H2,1-2H3/t15-/m1/s1. The maximum absolute atomic E-state index is 5.81. The molecule has 0 bridgehead atoms. The zero-order valence-corrected chi connectivity index (χ0v) is 13.6. The summed E-state index contributed by atoms with van der Waals surface area (Å²) in [7, 11) is 0. The Morgan fingerprint density at radius 1 is 1.29 bits per heavy atom. The van der Waals surface area contributed by atoms with E-state index in [-0.39, 0.29) is 5.54 Å². The first-order valence-corrected chi connectivity index (χ1v) is 8.61. The minimum Gasteiger partial charge on any atom is -0.438 e. The van der Waals surface area contributed by atoms with Crippen LogP contribution in [0.5, 0.6) is 0 Å². The molecule has 3 aromatic heterocycles. The maximum atomic E-state index is 5.81. The summed E-state index contributed by atoms with van der Waals surface area (Å²) in [4.78, 5) is 9.88. The summed E-state index contributed by atoms with van der Waals surface area (Å²) in [6.07, 6.45) is 4.59. The number of nitrogens with zero attached hydrogens (tertiary/aromatic N) is 2. The number of aromatic nitrogens is 2. The van der Waals surface area contributed by atoms with Crippen LogP contribution in [0.15, 0.2) is 39.7 Å². The molecular formula is C15H17N3OS2. The van der Waals surface area contributed by atoms with Crippen LogP contribution in [-0.2, 0) is 12.1 Å². The number of nitrogens with one attached hydrogen (secondary N) is 1. The third-order valence-electron chi connectivity index (χ3n) is 3.56. The van der Waals surface area contributed by atoms with E-state index in [9.17, 15) is 0 Å². The smallest absolute Gasteiger partial charge is 0.208 e. The van der Waals surface area contributed by atoms with Gasteiger partial charge in [-0.05, 0) is 24.8 Å². The number of rotatable bonds is 6. The third-order valence-corrected chi connectivity index (χ3v) is 5.48. The van der Waals surface area contributed by atoms with Crippen molar-refractivity contribution in [2.24, 2.45) is 0 Å². The summed E-state index contributed by atoms with van der Waals surface area (Å²) >= 11 is 3.32. The highest BCUT2D eigenvalue weighted by molar-refractivity contribution is 7.13. The van der Waals surface area contributed by atoms with Crippen molar-refractivity contribution in [1.82, 2.24) is 15.3 Å². The molecule has 3 rings (SSSR count). The molecule has 21 heavy (non-hydrogen) atoms. The van der Waals surface area contributed by atoms with E-state index in [2.05, 4.69) is 29.1 Å². The fraction of sp³-hybridized carbons (Fsp3) is 0.333. The molecule has 0 aromatic carbocycles. The van der Waals surface area contributed by atoms with Gasteiger partial charge in [-0.2, -0.15) is 0 Å². The van der Waals surface area contributed by atoms with E-state index in [1.165, 1.54) is 0 Å². The number of hydrogen-bond donors (Lipinski definition) is 1. The van der Waals surface area contributed by atoms with Crippen molar-refractivity contribution in [2.45, 2.75) is 32.4 Å². The van der Waals surface area contributed by atoms with E-state index >= 15 is 0 Å². The molecule has 0 amide bonds. The van der Waals surface area contributed by atoms with Crippen LogP contribution in [0.1, 0.15) is 31.2 Å². The first-order chi connectivity index (χ1) is 10.2. The lowest BCUT2D eigenvalue weighted by Crippen LogP contribution is -2.38. The summed E-state index contributed by atoms with van der Waals surface area (Å²) in [5.74, 6) is 1.53. The third kappa shape index (κ3) is 3.07. The summed E-state index contributed by atoms with van der Waals surface area (Å²) in [5, 5.41) is 8.65. The van der Waals surface area contributed by atoms with Crippen LogP contribution in [0.3, 0.4) is 0 Å². The Morgan fingerprint density at radius 3 is 2.86 bits per heavy atom. The molecule has 0 spiro atoms. The topological polar surface area (TPSA) is 51.0 Å². The molecule has 3 heterocycles. The van der Waals surface area contributed by atoms with Gasteiger partial charge in [-0.1, -0.05) is 13.0 Å². The quantitative estimate of drug-likeness (QED) is 0.737. The van der Waals surface area contributed by atoms with Gasteiger partial charge in [0, 0.05) is 11.6 Å². The number of oxazole rings is 1. The average Bonchev–Trinajstić information content (AvgIpc) is 3.26. The second kappa shape index (κ2) is 6.09. The van der Waals surface area contributed by atoms with Crippen LogP contribution in [-0.4, -0.2) is 9.97 Å². The molecule has 110 valence electrons. The Balaban J connectivity index is 1.70. The Kier molecular flexibility index (Phi) is 4.19. The van der Waals surface area contributed by atoms with Crippen LogP contribution in [0, 0.1) is 0 Å². The number of thiophene rings is 1. The average molecular weight is 319 g/mol. The lowest BCUT2D eigenvalue weighted by Gasteiger charge is -2.26. The summed E-state index contributed by atoms with van der Waals surface area (Å²) < 4.78 is 5.81. The van der Waals surface area contributed by atoms with Crippen molar-refractivity contribution in [1.29, 1.82) is 0 Å². The first-order valence-electron chi connectivity index (χ1n) is 6.85. The van der Waals surface area contributed by atoms with Crippen molar-refractivity contribution in [3.8, 4) is 10.6 Å². The van der Waals surface area contributed by atoms with E-state index < -0.39 is 0 Å². The SMILES string of the molecule is CC[C@@](C)(NCc1ncc(-c2cccs2)o1)c1nccs1. The van der Waals surface area contributed by atoms with Crippen LogP contribution >= 0.6 is 22.7 Å². The molecule has 1 atom stereocenters. The second-order valence-electron chi connectivity index (χ2n) is 4.97. The molecule has 0 aliphatic rings. The molecular weight excluding hydrogens is 302 g/mol. The highest BCUT2D eigenvalue weighted by Gasteiger charge is 2.27. The normalized spacial score (nSPS) is 14.2. The molecule has 0 radical (unpaired) electrons. The maximum Gasteiger partial charge on any atom is 0.208 e. The van der Waals surface area contributed by atoms with Crippen LogP contribution in [0.2, 0.25) is 0 Å². The summed E-state index contributed by atoms with van der Waals surface area (Å²) in [6, 6.07) is 4.05. The lowest BCUT2D eigenvalue weighted by molar-refractivity contribution is 0.327. The Hall–Kier alpha value is -1.50. The van der Waals surface area contributed by atoms with Crippen molar-refractivity contribution in [3.05, 3.63) is 46.2 Å². The predicted molar refractivity (Wildman–Crippen MR) is 86.4 cm³/mol. The van der Waals surface area contributed by atoms with Crippen molar-refractivity contribution >= 4 is 22.7 Å². The Morgan fingerprint density at radius 2 is 2.19 bits per heavy atom. The largest absolute Gasteiger partial charge is 0.438 e. The van der Waals surface area contributed by atoms with Gasteiger partial charge in [-0.15, -0.1) is 22.7 Å². The van der Waals surface area contributed by atoms with E-state index in [1.807, 2.05) is 29.1 Å². The summed E-state index contributed by atoms with van der Waals surface area (Å²) in [5.41, 5.74) is -0.147. The zero-order valence-electron chi connectivity index (χ0n) is 12.0. The number of thiazole rings is 1. The highest BCUT2D eigenvalue weighted by Crippen LogP contribution is 2.28. The minimum atomic E-state index is -0.147. The van der Waals surface area contributed by atoms with Gasteiger partial charge < -0.3 is 4.42 Å². The molecule has 0 aliphatic carbocycles. The summed E-state index contributed by atoms with van der Waals surface area (Å²) in [6.45, 7) is 4.91. The Labute approximate surface area is 131 Å². The van der Waals surface area contributed by atoms with E-state index in [0.29, 0.717) is 12.4 Å². The minimum absolute atomic E-state index is 0.147. The monoisotopic (exact) mass is 319 g/mol. The Bertz CT molecular complexity index is 676. The molecule has 6 heteroatoms. The van der Waals surface area contributed by atoms with E-state index in [4.69, 9.17) is 4.42 Å². The predicted octanol–water partition coefficient (Wildman–Crippen LogP) is 4.27. The number of hydrogen-bond acceptors (Lipinski definition) is 6. The molecule has 0 saturated carbocycles. The van der Waals surface area contributed by atoms with Gasteiger partial charge >= 0.3 is 0 Å². The molecule has 0 aliphatic heterocycles.